The molecule has 1 heterocycles. The molecule has 15 heavy (non-hydrogen) atoms. The van der Waals surface area contributed by atoms with E-state index >= 15 is 0 Å². The maximum absolute atomic E-state index is 11.0. The lowest BCUT2D eigenvalue weighted by molar-refractivity contribution is -0.126. The first kappa shape index (κ1) is 11.2. The normalized spacial score (nSPS) is 12.0. The van der Waals surface area contributed by atoms with Crippen LogP contribution in [0.5, 0.6) is 0 Å². The predicted octanol–water partition coefficient (Wildman–Crippen LogP) is -0.399. The summed E-state index contributed by atoms with van der Waals surface area (Å²) < 4.78 is 0. The maximum Gasteiger partial charge on any atom is 0.221 e. The Balaban J connectivity index is 2.67. The van der Waals surface area contributed by atoms with Crippen LogP contribution in [-0.4, -0.2) is 16.8 Å². The zero-order valence-electron chi connectivity index (χ0n) is 8.22. The second kappa shape index (κ2) is 5.09. The SMILES string of the molecule is NC(=O)CC(Cc1cccnc1)C(N)=O. The molecule has 0 aliphatic carbocycles. The summed E-state index contributed by atoms with van der Waals surface area (Å²) in [6.07, 6.45) is 3.64. The highest BCUT2D eigenvalue weighted by molar-refractivity contribution is 5.84. The third-order valence-electron chi connectivity index (χ3n) is 2.05. The van der Waals surface area contributed by atoms with E-state index in [9.17, 15) is 9.59 Å². The van der Waals surface area contributed by atoms with E-state index in [1.165, 1.54) is 0 Å². The molecule has 1 aromatic heterocycles. The molecule has 1 unspecified atom stereocenters. The molecular formula is C10H13N3O2. The van der Waals surface area contributed by atoms with Crippen LogP contribution in [0.3, 0.4) is 0 Å². The van der Waals surface area contributed by atoms with E-state index in [1.807, 2.05) is 6.07 Å². The first-order valence-corrected chi connectivity index (χ1v) is 4.56. The second-order valence-electron chi connectivity index (χ2n) is 3.34. The number of primary amides is 2. The lowest BCUT2D eigenvalue weighted by atomic mass is 9.96. The Hall–Kier alpha value is -1.91. The van der Waals surface area contributed by atoms with Crippen molar-refractivity contribution >= 4 is 11.8 Å². The van der Waals surface area contributed by atoms with Crippen molar-refractivity contribution in [3.8, 4) is 0 Å². The molecule has 0 spiro atoms. The van der Waals surface area contributed by atoms with Gasteiger partial charge in [-0.3, -0.25) is 14.6 Å². The molecule has 2 amide bonds. The lowest BCUT2D eigenvalue weighted by Gasteiger charge is -2.10. The Morgan fingerprint density at radius 3 is 2.60 bits per heavy atom. The van der Waals surface area contributed by atoms with Crippen molar-refractivity contribution in [2.75, 3.05) is 0 Å². The van der Waals surface area contributed by atoms with Gasteiger partial charge in [0.1, 0.15) is 0 Å². The summed E-state index contributed by atoms with van der Waals surface area (Å²) in [4.78, 5) is 25.6. The fraction of sp³-hybridized carbons (Fsp3) is 0.300. The first-order valence-electron chi connectivity index (χ1n) is 4.56. The van der Waals surface area contributed by atoms with Crippen molar-refractivity contribution in [3.63, 3.8) is 0 Å². The van der Waals surface area contributed by atoms with Crippen LogP contribution in [0, 0.1) is 5.92 Å². The van der Waals surface area contributed by atoms with E-state index in [-0.39, 0.29) is 6.42 Å². The minimum Gasteiger partial charge on any atom is -0.370 e. The predicted molar refractivity (Wildman–Crippen MR) is 54.4 cm³/mol. The van der Waals surface area contributed by atoms with E-state index in [4.69, 9.17) is 11.5 Å². The van der Waals surface area contributed by atoms with Crippen molar-refractivity contribution in [3.05, 3.63) is 30.1 Å². The molecule has 0 saturated carbocycles. The number of aromatic nitrogens is 1. The van der Waals surface area contributed by atoms with Gasteiger partial charge in [-0.2, -0.15) is 0 Å². The van der Waals surface area contributed by atoms with E-state index in [0.717, 1.165) is 5.56 Å². The molecule has 0 fully saturated rings. The van der Waals surface area contributed by atoms with Crippen LogP contribution in [0.4, 0.5) is 0 Å². The molecule has 5 nitrogen and oxygen atoms in total. The minimum atomic E-state index is -0.549. The van der Waals surface area contributed by atoms with Crippen molar-refractivity contribution in [1.82, 2.24) is 4.98 Å². The minimum absolute atomic E-state index is 0.0236. The highest BCUT2D eigenvalue weighted by atomic mass is 16.2. The zero-order chi connectivity index (χ0) is 11.3. The van der Waals surface area contributed by atoms with Crippen LogP contribution < -0.4 is 11.5 Å². The molecule has 80 valence electrons. The molecule has 0 aromatic carbocycles. The highest BCUT2D eigenvalue weighted by Crippen LogP contribution is 2.10. The molecule has 0 aliphatic heterocycles. The molecule has 1 atom stereocenters. The van der Waals surface area contributed by atoms with Crippen LogP contribution in [0.1, 0.15) is 12.0 Å². The zero-order valence-corrected chi connectivity index (χ0v) is 8.22. The monoisotopic (exact) mass is 207 g/mol. The van der Waals surface area contributed by atoms with E-state index in [2.05, 4.69) is 4.98 Å². The van der Waals surface area contributed by atoms with Gasteiger partial charge in [-0.25, -0.2) is 0 Å². The molecule has 5 heteroatoms. The van der Waals surface area contributed by atoms with Crippen LogP contribution in [0.2, 0.25) is 0 Å². The molecule has 1 rings (SSSR count). The van der Waals surface area contributed by atoms with Gasteiger partial charge < -0.3 is 11.5 Å². The fourth-order valence-electron chi connectivity index (χ4n) is 1.32. The third-order valence-corrected chi connectivity index (χ3v) is 2.05. The second-order valence-corrected chi connectivity index (χ2v) is 3.34. The Morgan fingerprint density at radius 2 is 2.13 bits per heavy atom. The number of hydrogen-bond donors (Lipinski definition) is 2. The van der Waals surface area contributed by atoms with Gasteiger partial charge in [0.2, 0.25) is 11.8 Å². The van der Waals surface area contributed by atoms with Crippen LogP contribution in [0.15, 0.2) is 24.5 Å². The number of nitrogens with zero attached hydrogens (tertiary/aromatic N) is 1. The summed E-state index contributed by atoms with van der Waals surface area (Å²) in [5.74, 6) is -1.59. The molecular weight excluding hydrogens is 194 g/mol. The van der Waals surface area contributed by atoms with Gasteiger partial charge in [0, 0.05) is 18.8 Å². The Bertz CT molecular complexity index is 351. The number of rotatable bonds is 5. The van der Waals surface area contributed by atoms with E-state index in [0.29, 0.717) is 6.42 Å². The Kier molecular flexibility index (Phi) is 3.79. The molecule has 0 bridgehead atoms. The molecule has 1 aromatic rings. The summed E-state index contributed by atoms with van der Waals surface area (Å²) in [6, 6.07) is 3.58. The summed E-state index contributed by atoms with van der Waals surface area (Å²) in [6.45, 7) is 0. The smallest absolute Gasteiger partial charge is 0.221 e. The van der Waals surface area contributed by atoms with Gasteiger partial charge in [0.25, 0.3) is 0 Å². The van der Waals surface area contributed by atoms with Crippen LogP contribution in [-0.2, 0) is 16.0 Å². The third kappa shape index (κ3) is 3.76. The van der Waals surface area contributed by atoms with Crippen molar-refractivity contribution < 1.29 is 9.59 Å². The van der Waals surface area contributed by atoms with Crippen LogP contribution >= 0.6 is 0 Å². The maximum atomic E-state index is 11.0. The van der Waals surface area contributed by atoms with Gasteiger partial charge in [0.15, 0.2) is 0 Å². The number of carbonyl (C=O) groups excluding carboxylic acids is 2. The standard InChI is InChI=1S/C10H13N3O2/c11-9(14)5-8(10(12)15)4-7-2-1-3-13-6-7/h1-3,6,8H,4-5H2,(H2,11,14)(H2,12,15). The van der Waals surface area contributed by atoms with Crippen LogP contribution in [0.25, 0.3) is 0 Å². The summed E-state index contributed by atoms with van der Waals surface area (Å²) in [5.41, 5.74) is 11.1. The average Bonchev–Trinajstić information content (AvgIpc) is 2.17. The van der Waals surface area contributed by atoms with E-state index < -0.39 is 17.7 Å². The number of amides is 2. The topological polar surface area (TPSA) is 99.1 Å². The Morgan fingerprint density at radius 1 is 1.40 bits per heavy atom. The van der Waals surface area contributed by atoms with Crippen molar-refractivity contribution in [2.24, 2.45) is 17.4 Å². The first-order chi connectivity index (χ1) is 7.09. The summed E-state index contributed by atoms with van der Waals surface area (Å²) in [5, 5.41) is 0. The van der Waals surface area contributed by atoms with Gasteiger partial charge in [0.05, 0.1) is 5.92 Å². The number of nitrogens with two attached hydrogens (primary N) is 2. The molecule has 0 saturated heterocycles. The van der Waals surface area contributed by atoms with Gasteiger partial charge in [-0.05, 0) is 18.1 Å². The fourth-order valence-corrected chi connectivity index (χ4v) is 1.32. The van der Waals surface area contributed by atoms with Crippen molar-refractivity contribution in [1.29, 1.82) is 0 Å². The molecule has 4 N–H and O–H groups in total. The number of pyridine rings is 1. The van der Waals surface area contributed by atoms with Gasteiger partial charge in [-0.15, -0.1) is 0 Å². The van der Waals surface area contributed by atoms with Gasteiger partial charge >= 0.3 is 0 Å². The quantitative estimate of drug-likeness (QED) is 0.687. The summed E-state index contributed by atoms with van der Waals surface area (Å²) >= 11 is 0. The Labute approximate surface area is 87.5 Å². The lowest BCUT2D eigenvalue weighted by Crippen LogP contribution is -2.29. The number of carbonyl (C=O) groups is 2. The largest absolute Gasteiger partial charge is 0.370 e. The molecule has 0 radical (unpaired) electrons. The highest BCUT2D eigenvalue weighted by Gasteiger charge is 2.18. The summed E-state index contributed by atoms with van der Waals surface area (Å²) in [7, 11) is 0. The number of hydrogen-bond acceptors (Lipinski definition) is 3. The van der Waals surface area contributed by atoms with Crippen molar-refractivity contribution in [2.45, 2.75) is 12.8 Å². The van der Waals surface area contributed by atoms with Gasteiger partial charge in [-0.1, -0.05) is 6.07 Å². The average molecular weight is 207 g/mol. The van der Waals surface area contributed by atoms with E-state index in [1.54, 1.807) is 18.5 Å². The molecule has 0 aliphatic rings.